The Morgan fingerprint density at radius 1 is 0.818 bits per heavy atom. The fourth-order valence-electron chi connectivity index (χ4n) is 1.95. The summed E-state index contributed by atoms with van der Waals surface area (Å²) in [7, 11) is 0. The Bertz CT molecular complexity index is 553. The largest absolute Gasteiger partial charge is 0.298 e. The average Bonchev–Trinajstić information content (AvgIpc) is 2.55. The Labute approximate surface area is 139 Å². The van der Waals surface area contributed by atoms with Crippen molar-refractivity contribution in [3.63, 3.8) is 0 Å². The summed E-state index contributed by atoms with van der Waals surface area (Å²) in [6.07, 6.45) is 0.865. The van der Waals surface area contributed by atoms with Gasteiger partial charge in [0.15, 0.2) is 0 Å². The average molecular weight is 317 g/mol. The highest BCUT2D eigenvalue weighted by Gasteiger charge is 1.97. The normalized spacial score (nSPS) is 10.3. The van der Waals surface area contributed by atoms with Gasteiger partial charge in [0.25, 0.3) is 0 Å². The van der Waals surface area contributed by atoms with Crippen molar-refractivity contribution in [1.29, 1.82) is 0 Å². The van der Waals surface area contributed by atoms with Gasteiger partial charge in [-0.3, -0.25) is 4.79 Å². The molecule has 0 aliphatic rings. The summed E-state index contributed by atoms with van der Waals surface area (Å²) in [5.41, 5.74) is 4.58. The molecule has 0 fully saturated rings. The van der Waals surface area contributed by atoms with Gasteiger partial charge in [0.2, 0.25) is 0 Å². The SMILES string of the molecule is CC(C)c1ccc(C=O)cc1.CC(C)c1ccc(CCl)cc1. The van der Waals surface area contributed by atoms with Crippen molar-refractivity contribution in [3.05, 3.63) is 70.8 Å². The monoisotopic (exact) mass is 316 g/mol. The van der Waals surface area contributed by atoms with Crippen molar-refractivity contribution in [2.45, 2.75) is 45.4 Å². The van der Waals surface area contributed by atoms with E-state index in [9.17, 15) is 4.79 Å². The van der Waals surface area contributed by atoms with E-state index < -0.39 is 0 Å². The van der Waals surface area contributed by atoms with E-state index in [0.29, 0.717) is 17.7 Å². The molecule has 2 aromatic carbocycles. The Morgan fingerprint density at radius 2 is 1.23 bits per heavy atom. The number of hydrogen-bond donors (Lipinski definition) is 0. The maximum absolute atomic E-state index is 10.3. The van der Waals surface area contributed by atoms with Crippen LogP contribution in [-0.2, 0) is 5.88 Å². The number of carbonyl (C=O) groups excluding carboxylic acids is 1. The fraction of sp³-hybridized carbons (Fsp3) is 0.350. The second-order valence-electron chi connectivity index (χ2n) is 5.97. The number of aldehydes is 1. The van der Waals surface area contributed by atoms with Crippen molar-refractivity contribution < 1.29 is 4.79 Å². The summed E-state index contributed by atoms with van der Waals surface area (Å²) in [6, 6.07) is 16.1. The van der Waals surface area contributed by atoms with Gasteiger partial charge < -0.3 is 0 Å². The Balaban J connectivity index is 0.000000220. The molecule has 0 bridgehead atoms. The third-order valence-corrected chi connectivity index (χ3v) is 3.85. The molecule has 0 heterocycles. The topological polar surface area (TPSA) is 17.1 Å². The first-order valence-corrected chi connectivity index (χ1v) is 8.21. The summed E-state index contributed by atoms with van der Waals surface area (Å²) in [5.74, 6) is 1.76. The van der Waals surface area contributed by atoms with Crippen LogP contribution >= 0.6 is 11.6 Å². The number of alkyl halides is 1. The molecule has 0 aliphatic carbocycles. The lowest BCUT2D eigenvalue weighted by Gasteiger charge is -2.04. The Hall–Kier alpha value is -1.60. The highest BCUT2D eigenvalue weighted by atomic mass is 35.5. The van der Waals surface area contributed by atoms with Crippen molar-refractivity contribution >= 4 is 17.9 Å². The molecule has 0 radical (unpaired) electrons. The van der Waals surface area contributed by atoms with Gasteiger partial charge in [0.05, 0.1) is 0 Å². The minimum atomic E-state index is 0.538. The maximum Gasteiger partial charge on any atom is 0.150 e. The molecule has 0 spiro atoms. The highest BCUT2D eigenvalue weighted by molar-refractivity contribution is 6.17. The lowest BCUT2D eigenvalue weighted by atomic mass is 10.0. The van der Waals surface area contributed by atoms with Crippen LogP contribution < -0.4 is 0 Å². The molecular formula is C20H25ClO. The summed E-state index contributed by atoms with van der Waals surface area (Å²) in [5, 5.41) is 0. The van der Waals surface area contributed by atoms with E-state index in [2.05, 4.69) is 52.0 Å². The minimum Gasteiger partial charge on any atom is -0.298 e. The van der Waals surface area contributed by atoms with E-state index in [0.717, 1.165) is 11.8 Å². The lowest BCUT2D eigenvalue weighted by Crippen LogP contribution is -1.87. The van der Waals surface area contributed by atoms with Crippen LogP contribution in [0, 0.1) is 0 Å². The maximum atomic E-state index is 10.3. The third kappa shape index (κ3) is 6.03. The van der Waals surface area contributed by atoms with Crippen molar-refractivity contribution in [3.8, 4) is 0 Å². The van der Waals surface area contributed by atoms with Gasteiger partial charge in [0.1, 0.15) is 6.29 Å². The summed E-state index contributed by atoms with van der Waals surface area (Å²) < 4.78 is 0. The molecule has 0 aliphatic heterocycles. The molecule has 1 nitrogen and oxygen atoms in total. The number of carbonyl (C=O) groups is 1. The first kappa shape index (κ1) is 18.4. The molecule has 0 atom stereocenters. The molecule has 0 amide bonds. The van der Waals surface area contributed by atoms with E-state index in [4.69, 9.17) is 11.6 Å². The molecular weight excluding hydrogens is 292 g/mol. The van der Waals surface area contributed by atoms with E-state index in [1.54, 1.807) is 0 Å². The van der Waals surface area contributed by atoms with E-state index in [1.165, 1.54) is 16.7 Å². The van der Waals surface area contributed by atoms with Crippen LogP contribution in [0.1, 0.15) is 66.6 Å². The Morgan fingerprint density at radius 3 is 1.55 bits per heavy atom. The van der Waals surface area contributed by atoms with Gasteiger partial charge in [-0.1, -0.05) is 76.2 Å². The first-order valence-electron chi connectivity index (χ1n) is 7.67. The smallest absolute Gasteiger partial charge is 0.150 e. The molecule has 0 saturated carbocycles. The third-order valence-electron chi connectivity index (χ3n) is 3.54. The van der Waals surface area contributed by atoms with Crippen LogP contribution in [-0.4, -0.2) is 6.29 Å². The number of benzene rings is 2. The summed E-state index contributed by atoms with van der Waals surface area (Å²) in [6.45, 7) is 8.65. The van der Waals surface area contributed by atoms with Gasteiger partial charge in [0, 0.05) is 11.4 Å². The van der Waals surface area contributed by atoms with E-state index in [-0.39, 0.29) is 0 Å². The Kier molecular flexibility index (Phi) is 7.90. The number of rotatable bonds is 4. The minimum absolute atomic E-state index is 0.538. The van der Waals surface area contributed by atoms with Gasteiger partial charge in [-0.05, 0) is 28.5 Å². The van der Waals surface area contributed by atoms with Crippen LogP contribution in [0.25, 0.3) is 0 Å². The molecule has 0 aromatic heterocycles. The molecule has 2 heteroatoms. The fourth-order valence-corrected chi connectivity index (χ4v) is 2.13. The van der Waals surface area contributed by atoms with Crippen molar-refractivity contribution in [2.75, 3.05) is 0 Å². The quantitative estimate of drug-likeness (QED) is 0.487. The van der Waals surface area contributed by atoms with Crippen LogP contribution in [0.5, 0.6) is 0 Å². The zero-order valence-electron chi connectivity index (χ0n) is 13.8. The first-order chi connectivity index (χ1) is 10.5. The zero-order valence-corrected chi connectivity index (χ0v) is 14.6. The second-order valence-corrected chi connectivity index (χ2v) is 6.24. The number of hydrogen-bond acceptors (Lipinski definition) is 1. The predicted molar refractivity (Wildman–Crippen MR) is 96.0 cm³/mol. The molecule has 0 N–H and O–H groups in total. The van der Waals surface area contributed by atoms with Crippen molar-refractivity contribution in [1.82, 2.24) is 0 Å². The molecule has 0 unspecified atom stereocenters. The van der Waals surface area contributed by atoms with Crippen LogP contribution in [0.3, 0.4) is 0 Å². The standard InChI is InChI=1S/C10H13Cl.C10H12O/c2*1-8(2)10-5-3-9(7-11)4-6-10/h3-6,8H,7H2,1-2H3;3-8H,1-2H3. The predicted octanol–water partition coefficient (Wildman–Crippen LogP) is 6.17. The van der Waals surface area contributed by atoms with Crippen molar-refractivity contribution in [2.24, 2.45) is 0 Å². The molecule has 2 rings (SSSR count). The van der Waals surface area contributed by atoms with Gasteiger partial charge >= 0.3 is 0 Å². The summed E-state index contributed by atoms with van der Waals surface area (Å²) in [4.78, 5) is 10.3. The van der Waals surface area contributed by atoms with E-state index >= 15 is 0 Å². The van der Waals surface area contributed by atoms with Gasteiger partial charge in [-0.15, -0.1) is 11.6 Å². The van der Waals surface area contributed by atoms with E-state index in [1.807, 2.05) is 24.3 Å². The summed E-state index contributed by atoms with van der Waals surface area (Å²) >= 11 is 5.66. The molecule has 22 heavy (non-hydrogen) atoms. The van der Waals surface area contributed by atoms with Gasteiger partial charge in [-0.25, -0.2) is 0 Å². The zero-order chi connectivity index (χ0) is 16.5. The van der Waals surface area contributed by atoms with Crippen LogP contribution in [0.2, 0.25) is 0 Å². The highest BCUT2D eigenvalue weighted by Crippen LogP contribution is 2.15. The lowest BCUT2D eigenvalue weighted by molar-refractivity contribution is 0.112. The van der Waals surface area contributed by atoms with Gasteiger partial charge in [-0.2, -0.15) is 0 Å². The number of halogens is 1. The molecule has 118 valence electrons. The van der Waals surface area contributed by atoms with Crippen LogP contribution in [0.4, 0.5) is 0 Å². The molecule has 2 aromatic rings. The molecule has 0 saturated heterocycles. The second kappa shape index (κ2) is 9.42. The van der Waals surface area contributed by atoms with Crippen LogP contribution in [0.15, 0.2) is 48.5 Å².